The van der Waals surface area contributed by atoms with E-state index in [1.165, 1.54) is 0 Å². The first-order valence-electron chi connectivity index (χ1n) is 6.18. The highest BCUT2D eigenvalue weighted by Crippen LogP contribution is 2.39. The Morgan fingerprint density at radius 3 is 2.21 bits per heavy atom. The molecule has 108 valence electrons. The monoisotopic (exact) mass is 269 g/mol. The molecule has 0 amide bonds. The Morgan fingerprint density at radius 1 is 1.00 bits per heavy atom. The molecule has 0 aliphatic rings. The summed E-state index contributed by atoms with van der Waals surface area (Å²) in [5, 5.41) is 3.36. The van der Waals surface area contributed by atoms with Gasteiger partial charge in [0.25, 0.3) is 0 Å². The van der Waals surface area contributed by atoms with E-state index in [9.17, 15) is 0 Å². The van der Waals surface area contributed by atoms with E-state index in [1.807, 2.05) is 12.1 Å². The zero-order chi connectivity index (χ0) is 14.3. The Kier molecular flexibility index (Phi) is 6.45. The first-order chi connectivity index (χ1) is 9.17. The van der Waals surface area contributed by atoms with Gasteiger partial charge in [0.05, 0.1) is 27.9 Å². The van der Waals surface area contributed by atoms with E-state index in [2.05, 4.69) is 12.2 Å². The number of ether oxygens (including phenoxy) is 4. The SMILES string of the molecule is COCC(C)NCc1ccc(OC)c(OC)c1OC. The van der Waals surface area contributed by atoms with Gasteiger partial charge in [0.15, 0.2) is 11.5 Å². The van der Waals surface area contributed by atoms with Crippen LogP contribution in [0.3, 0.4) is 0 Å². The van der Waals surface area contributed by atoms with Crippen LogP contribution in [0.4, 0.5) is 0 Å². The van der Waals surface area contributed by atoms with Gasteiger partial charge in [-0.1, -0.05) is 6.07 Å². The van der Waals surface area contributed by atoms with Gasteiger partial charge in [-0.25, -0.2) is 0 Å². The van der Waals surface area contributed by atoms with E-state index >= 15 is 0 Å². The third-order valence-corrected chi connectivity index (χ3v) is 2.84. The van der Waals surface area contributed by atoms with E-state index in [-0.39, 0.29) is 6.04 Å². The van der Waals surface area contributed by atoms with E-state index in [1.54, 1.807) is 28.4 Å². The smallest absolute Gasteiger partial charge is 0.203 e. The predicted octanol–water partition coefficient (Wildman–Crippen LogP) is 1.84. The molecule has 0 saturated heterocycles. The van der Waals surface area contributed by atoms with Crippen molar-refractivity contribution in [3.05, 3.63) is 17.7 Å². The molecule has 19 heavy (non-hydrogen) atoms. The fourth-order valence-electron chi connectivity index (χ4n) is 1.90. The van der Waals surface area contributed by atoms with Gasteiger partial charge in [0.2, 0.25) is 5.75 Å². The molecular formula is C14H23NO4. The first kappa shape index (κ1) is 15.6. The van der Waals surface area contributed by atoms with Crippen LogP contribution in [0.5, 0.6) is 17.2 Å². The highest BCUT2D eigenvalue weighted by atomic mass is 16.5. The van der Waals surface area contributed by atoms with Crippen LogP contribution in [-0.4, -0.2) is 41.1 Å². The quantitative estimate of drug-likeness (QED) is 0.780. The molecule has 0 radical (unpaired) electrons. The second-order valence-electron chi connectivity index (χ2n) is 4.23. The number of hydrogen-bond donors (Lipinski definition) is 1. The number of nitrogens with one attached hydrogen (secondary N) is 1. The number of rotatable bonds is 8. The summed E-state index contributed by atoms with van der Waals surface area (Å²) in [6, 6.07) is 4.11. The zero-order valence-electron chi connectivity index (χ0n) is 12.3. The summed E-state index contributed by atoms with van der Waals surface area (Å²) in [7, 11) is 6.52. The topological polar surface area (TPSA) is 49.0 Å². The Balaban J connectivity index is 2.89. The highest BCUT2D eigenvalue weighted by molar-refractivity contribution is 5.55. The van der Waals surface area contributed by atoms with Crippen molar-refractivity contribution in [1.29, 1.82) is 0 Å². The van der Waals surface area contributed by atoms with Crippen LogP contribution >= 0.6 is 0 Å². The summed E-state index contributed by atoms with van der Waals surface area (Å²) in [5.74, 6) is 1.97. The average molecular weight is 269 g/mol. The van der Waals surface area contributed by atoms with Crippen LogP contribution in [0.25, 0.3) is 0 Å². The van der Waals surface area contributed by atoms with Crippen LogP contribution in [0.15, 0.2) is 12.1 Å². The van der Waals surface area contributed by atoms with Gasteiger partial charge in [-0.3, -0.25) is 0 Å². The number of hydrogen-bond acceptors (Lipinski definition) is 5. The Hall–Kier alpha value is -1.46. The molecule has 0 aliphatic heterocycles. The molecule has 0 bridgehead atoms. The van der Waals surface area contributed by atoms with E-state index < -0.39 is 0 Å². The molecule has 1 unspecified atom stereocenters. The lowest BCUT2D eigenvalue weighted by Gasteiger charge is -2.18. The molecule has 0 fully saturated rings. The zero-order valence-corrected chi connectivity index (χ0v) is 12.3. The predicted molar refractivity (Wildman–Crippen MR) is 74.3 cm³/mol. The van der Waals surface area contributed by atoms with Crippen molar-refractivity contribution < 1.29 is 18.9 Å². The van der Waals surface area contributed by atoms with Crippen molar-refractivity contribution in [2.45, 2.75) is 19.5 Å². The second-order valence-corrected chi connectivity index (χ2v) is 4.23. The van der Waals surface area contributed by atoms with Gasteiger partial charge >= 0.3 is 0 Å². The summed E-state index contributed by atoms with van der Waals surface area (Å²) < 4.78 is 21.1. The molecule has 1 aromatic carbocycles. The van der Waals surface area contributed by atoms with Crippen LogP contribution in [0.1, 0.15) is 12.5 Å². The maximum Gasteiger partial charge on any atom is 0.203 e. The molecule has 0 aromatic heterocycles. The Bertz CT molecular complexity index is 395. The Labute approximate surface area is 114 Å². The second kappa shape index (κ2) is 7.86. The fraction of sp³-hybridized carbons (Fsp3) is 0.571. The number of methoxy groups -OCH3 is 4. The molecule has 0 saturated carbocycles. The molecule has 0 spiro atoms. The normalized spacial score (nSPS) is 12.1. The van der Waals surface area contributed by atoms with Crippen molar-refractivity contribution in [3.63, 3.8) is 0 Å². The summed E-state index contributed by atoms with van der Waals surface area (Å²) in [4.78, 5) is 0. The van der Waals surface area contributed by atoms with Crippen LogP contribution in [0, 0.1) is 0 Å². The molecule has 5 heteroatoms. The van der Waals surface area contributed by atoms with Crippen molar-refractivity contribution in [3.8, 4) is 17.2 Å². The lowest BCUT2D eigenvalue weighted by atomic mass is 10.1. The average Bonchev–Trinajstić information content (AvgIpc) is 2.43. The van der Waals surface area contributed by atoms with Crippen LogP contribution < -0.4 is 19.5 Å². The molecule has 1 atom stereocenters. The van der Waals surface area contributed by atoms with Crippen molar-refractivity contribution in [2.75, 3.05) is 35.0 Å². The Morgan fingerprint density at radius 2 is 1.68 bits per heavy atom. The van der Waals surface area contributed by atoms with E-state index in [0.29, 0.717) is 30.4 Å². The summed E-state index contributed by atoms with van der Waals surface area (Å²) in [5.41, 5.74) is 1.02. The minimum atomic E-state index is 0.266. The molecule has 5 nitrogen and oxygen atoms in total. The summed E-state index contributed by atoms with van der Waals surface area (Å²) in [6.45, 7) is 3.40. The maximum absolute atomic E-state index is 5.43. The standard InChI is InChI=1S/C14H23NO4/c1-10(9-16-2)15-8-11-6-7-12(17-3)14(19-5)13(11)18-4/h6-7,10,15H,8-9H2,1-5H3. The third-order valence-electron chi connectivity index (χ3n) is 2.84. The van der Waals surface area contributed by atoms with Gasteiger partial charge in [-0.2, -0.15) is 0 Å². The number of benzene rings is 1. The fourth-order valence-corrected chi connectivity index (χ4v) is 1.90. The first-order valence-corrected chi connectivity index (χ1v) is 6.18. The lowest BCUT2D eigenvalue weighted by molar-refractivity contribution is 0.171. The molecule has 1 rings (SSSR count). The van der Waals surface area contributed by atoms with Gasteiger partial charge in [-0.15, -0.1) is 0 Å². The molecule has 0 heterocycles. The molecule has 1 aromatic rings. The van der Waals surface area contributed by atoms with Crippen molar-refractivity contribution >= 4 is 0 Å². The van der Waals surface area contributed by atoms with E-state index in [0.717, 1.165) is 5.56 Å². The van der Waals surface area contributed by atoms with Gasteiger partial charge in [0.1, 0.15) is 0 Å². The van der Waals surface area contributed by atoms with Crippen molar-refractivity contribution in [2.24, 2.45) is 0 Å². The van der Waals surface area contributed by atoms with Crippen LogP contribution in [0.2, 0.25) is 0 Å². The highest BCUT2D eigenvalue weighted by Gasteiger charge is 2.15. The molecule has 0 aliphatic carbocycles. The third kappa shape index (κ3) is 4.01. The maximum atomic E-state index is 5.43. The minimum Gasteiger partial charge on any atom is -0.493 e. The van der Waals surface area contributed by atoms with Gasteiger partial charge < -0.3 is 24.3 Å². The summed E-state index contributed by atoms with van der Waals surface area (Å²) >= 11 is 0. The minimum absolute atomic E-state index is 0.266. The lowest BCUT2D eigenvalue weighted by Crippen LogP contribution is -2.29. The summed E-state index contributed by atoms with van der Waals surface area (Å²) in [6.07, 6.45) is 0. The largest absolute Gasteiger partial charge is 0.493 e. The van der Waals surface area contributed by atoms with Crippen LogP contribution in [-0.2, 0) is 11.3 Å². The molecular weight excluding hydrogens is 246 g/mol. The van der Waals surface area contributed by atoms with Gasteiger partial charge in [0, 0.05) is 25.3 Å². The molecule has 1 N–H and O–H groups in total. The van der Waals surface area contributed by atoms with Crippen molar-refractivity contribution in [1.82, 2.24) is 5.32 Å². The van der Waals surface area contributed by atoms with E-state index in [4.69, 9.17) is 18.9 Å². The van der Waals surface area contributed by atoms with Gasteiger partial charge in [-0.05, 0) is 13.0 Å².